The van der Waals surface area contributed by atoms with Crippen LogP contribution in [-0.2, 0) is 11.4 Å². The highest BCUT2D eigenvalue weighted by molar-refractivity contribution is 6.32. The Morgan fingerprint density at radius 2 is 1.74 bits per heavy atom. The van der Waals surface area contributed by atoms with Gasteiger partial charge in [-0.15, -0.1) is 0 Å². The predicted octanol–water partition coefficient (Wildman–Crippen LogP) is 5.11. The molecule has 0 radical (unpaired) electrons. The van der Waals surface area contributed by atoms with Crippen LogP contribution in [0.3, 0.4) is 0 Å². The molecule has 0 bridgehead atoms. The highest BCUT2D eigenvalue weighted by Crippen LogP contribution is 2.28. The van der Waals surface area contributed by atoms with Crippen molar-refractivity contribution >= 4 is 35.3 Å². The van der Waals surface area contributed by atoms with Gasteiger partial charge in [0, 0.05) is 5.02 Å². The van der Waals surface area contributed by atoms with Crippen molar-refractivity contribution in [1.82, 2.24) is 5.43 Å². The number of halogens is 2. The fourth-order valence-corrected chi connectivity index (χ4v) is 2.86. The zero-order chi connectivity index (χ0) is 22.1. The minimum atomic E-state index is -0.411. The Morgan fingerprint density at radius 3 is 2.48 bits per heavy atom. The maximum absolute atomic E-state index is 11.9. The fourth-order valence-electron chi connectivity index (χ4n) is 2.54. The van der Waals surface area contributed by atoms with Gasteiger partial charge in [0.05, 0.1) is 18.3 Å². The number of hydrogen-bond donors (Lipinski definition) is 1. The Bertz CT molecular complexity index is 1060. The van der Waals surface area contributed by atoms with Gasteiger partial charge in [0.25, 0.3) is 5.91 Å². The van der Waals surface area contributed by atoms with Gasteiger partial charge < -0.3 is 14.2 Å². The van der Waals surface area contributed by atoms with Gasteiger partial charge in [0.15, 0.2) is 18.1 Å². The molecule has 3 rings (SSSR count). The van der Waals surface area contributed by atoms with E-state index in [1.807, 2.05) is 24.3 Å². The first-order valence-electron chi connectivity index (χ1n) is 9.29. The molecule has 0 aliphatic carbocycles. The molecule has 0 saturated heterocycles. The standard InChI is InChI=1S/C23H20Cl2N2O4/c1-29-22-12-17(8-11-21(22)30-14-16-6-9-18(24)10-7-16)13-26-27-23(28)15-31-20-5-3-2-4-19(20)25/h2-13H,14-15H2,1H3,(H,27,28)/b26-13-. The number of para-hydroxylation sites is 1. The minimum absolute atomic E-state index is 0.206. The predicted molar refractivity (Wildman–Crippen MR) is 121 cm³/mol. The molecule has 3 aromatic rings. The zero-order valence-electron chi connectivity index (χ0n) is 16.7. The van der Waals surface area contributed by atoms with Gasteiger partial charge in [-0.05, 0) is 53.6 Å². The number of carbonyl (C=O) groups excluding carboxylic acids is 1. The summed E-state index contributed by atoms with van der Waals surface area (Å²) in [5, 5.41) is 5.04. The van der Waals surface area contributed by atoms with Crippen LogP contribution in [0.1, 0.15) is 11.1 Å². The maximum atomic E-state index is 11.9. The molecule has 0 aliphatic rings. The lowest BCUT2D eigenvalue weighted by Crippen LogP contribution is -2.24. The van der Waals surface area contributed by atoms with Gasteiger partial charge in [0.2, 0.25) is 0 Å². The average Bonchev–Trinajstić information content (AvgIpc) is 2.78. The molecule has 0 aliphatic heterocycles. The van der Waals surface area contributed by atoms with Crippen molar-refractivity contribution in [3.05, 3.63) is 87.9 Å². The molecule has 160 valence electrons. The summed E-state index contributed by atoms with van der Waals surface area (Å²) < 4.78 is 16.6. The molecule has 1 N–H and O–H groups in total. The summed E-state index contributed by atoms with van der Waals surface area (Å²) >= 11 is 11.9. The Balaban J connectivity index is 1.52. The lowest BCUT2D eigenvalue weighted by Gasteiger charge is -2.11. The van der Waals surface area contributed by atoms with Crippen LogP contribution >= 0.6 is 23.2 Å². The quantitative estimate of drug-likeness (QED) is 0.357. The van der Waals surface area contributed by atoms with E-state index in [9.17, 15) is 4.79 Å². The topological polar surface area (TPSA) is 69.2 Å². The van der Waals surface area contributed by atoms with Crippen LogP contribution in [0.5, 0.6) is 17.2 Å². The average molecular weight is 459 g/mol. The molecule has 0 heterocycles. The Kier molecular flexibility index (Phi) is 8.15. The molecule has 0 aromatic heterocycles. The summed E-state index contributed by atoms with van der Waals surface area (Å²) in [5.41, 5.74) is 4.11. The number of hydrogen-bond acceptors (Lipinski definition) is 5. The van der Waals surface area contributed by atoms with Crippen LogP contribution in [0.2, 0.25) is 10.0 Å². The third kappa shape index (κ3) is 6.91. The number of hydrazone groups is 1. The smallest absolute Gasteiger partial charge is 0.277 e. The van der Waals surface area contributed by atoms with Crippen LogP contribution in [0.4, 0.5) is 0 Å². The fraction of sp³-hybridized carbons (Fsp3) is 0.130. The van der Waals surface area contributed by atoms with Crippen molar-refractivity contribution in [3.8, 4) is 17.2 Å². The molecule has 3 aromatic carbocycles. The molecule has 0 saturated carbocycles. The Morgan fingerprint density at radius 1 is 0.968 bits per heavy atom. The van der Waals surface area contributed by atoms with Gasteiger partial charge in [-0.2, -0.15) is 5.10 Å². The van der Waals surface area contributed by atoms with Crippen LogP contribution in [0, 0.1) is 0 Å². The maximum Gasteiger partial charge on any atom is 0.277 e. The van der Waals surface area contributed by atoms with E-state index in [-0.39, 0.29) is 6.61 Å². The van der Waals surface area contributed by atoms with Gasteiger partial charge in [-0.25, -0.2) is 5.43 Å². The van der Waals surface area contributed by atoms with E-state index in [0.717, 1.165) is 11.1 Å². The van der Waals surface area contributed by atoms with Gasteiger partial charge in [-0.1, -0.05) is 47.5 Å². The molecule has 0 spiro atoms. The van der Waals surface area contributed by atoms with Crippen LogP contribution in [-0.4, -0.2) is 25.8 Å². The normalized spacial score (nSPS) is 10.7. The van der Waals surface area contributed by atoms with E-state index in [2.05, 4.69) is 10.5 Å². The van der Waals surface area contributed by atoms with E-state index >= 15 is 0 Å². The SMILES string of the molecule is COc1cc(/C=N\NC(=O)COc2ccccc2Cl)ccc1OCc1ccc(Cl)cc1. The number of methoxy groups -OCH3 is 1. The minimum Gasteiger partial charge on any atom is -0.493 e. The van der Waals surface area contributed by atoms with Crippen LogP contribution < -0.4 is 19.6 Å². The van der Waals surface area contributed by atoms with Crippen molar-refractivity contribution in [2.45, 2.75) is 6.61 Å². The summed E-state index contributed by atoms with van der Waals surface area (Å²) in [6.07, 6.45) is 1.50. The summed E-state index contributed by atoms with van der Waals surface area (Å²) in [6.45, 7) is 0.171. The van der Waals surface area contributed by atoms with Gasteiger partial charge >= 0.3 is 0 Å². The van der Waals surface area contributed by atoms with Crippen molar-refractivity contribution in [2.75, 3.05) is 13.7 Å². The molecule has 0 unspecified atom stereocenters. The number of ether oxygens (including phenoxy) is 3. The molecule has 6 nitrogen and oxygen atoms in total. The van der Waals surface area contributed by atoms with Crippen molar-refractivity contribution in [2.24, 2.45) is 5.10 Å². The zero-order valence-corrected chi connectivity index (χ0v) is 18.2. The lowest BCUT2D eigenvalue weighted by atomic mass is 10.2. The third-order valence-corrected chi connectivity index (χ3v) is 4.66. The second-order valence-corrected chi connectivity index (χ2v) is 7.18. The summed E-state index contributed by atoms with van der Waals surface area (Å²) in [6, 6.07) is 19.7. The molecule has 1 amide bonds. The first kappa shape index (κ1) is 22.5. The lowest BCUT2D eigenvalue weighted by molar-refractivity contribution is -0.123. The highest BCUT2D eigenvalue weighted by Gasteiger charge is 2.07. The number of nitrogens with zero attached hydrogens (tertiary/aromatic N) is 1. The van der Waals surface area contributed by atoms with Gasteiger partial charge in [-0.3, -0.25) is 4.79 Å². The van der Waals surface area contributed by atoms with Crippen molar-refractivity contribution in [3.63, 3.8) is 0 Å². The Hall–Kier alpha value is -3.22. The first-order chi connectivity index (χ1) is 15.0. The Labute approximate surface area is 190 Å². The van der Waals surface area contributed by atoms with Crippen molar-refractivity contribution < 1.29 is 19.0 Å². The number of rotatable bonds is 9. The van der Waals surface area contributed by atoms with E-state index in [1.54, 1.807) is 49.6 Å². The molecular weight excluding hydrogens is 439 g/mol. The number of benzene rings is 3. The summed E-state index contributed by atoms with van der Waals surface area (Å²) in [7, 11) is 1.55. The van der Waals surface area contributed by atoms with Gasteiger partial charge in [0.1, 0.15) is 12.4 Å². The molecule has 0 fully saturated rings. The van der Waals surface area contributed by atoms with Crippen molar-refractivity contribution in [1.29, 1.82) is 0 Å². The van der Waals surface area contributed by atoms with E-state index < -0.39 is 5.91 Å². The largest absolute Gasteiger partial charge is 0.493 e. The van der Waals surface area contributed by atoms with Crippen LogP contribution in [0.15, 0.2) is 71.8 Å². The second-order valence-electron chi connectivity index (χ2n) is 6.34. The molecule has 0 atom stereocenters. The molecular formula is C23H20Cl2N2O4. The second kappa shape index (κ2) is 11.2. The number of carbonyl (C=O) groups is 1. The number of amides is 1. The molecule has 31 heavy (non-hydrogen) atoms. The highest BCUT2D eigenvalue weighted by atomic mass is 35.5. The summed E-state index contributed by atoms with van der Waals surface area (Å²) in [4.78, 5) is 11.9. The van der Waals surface area contributed by atoms with E-state index in [0.29, 0.717) is 33.9 Å². The monoisotopic (exact) mass is 458 g/mol. The number of nitrogens with one attached hydrogen (secondary N) is 1. The van der Waals surface area contributed by atoms with E-state index in [1.165, 1.54) is 6.21 Å². The first-order valence-corrected chi connectivity index (χ1v) is 10.1. The summed E-state index contributed by atoms with van der Waals surface area (Å²) in [5.74, 6) is 1.16. The van der Waals surface area contributed by atoms with E-state index in [4.69, 9.17) is 37.4 Å². The third-order valence-electron chi connectivity index (χ3n) is 4.09. The van der Waals surface area contributed by atoms with Crippen LogP contribution in [0.25, 0.3) is 0 Å². The molecule has 8 heteroatoms.